The van der Waals surface area contributed by atoms with Gasteiger partial charge in [-0.1, -0.05) is 57.5 Å². The lowest BCUT2D eigenvalue weighted by Gasteiger charge is -2.35. The smallest absolute Gasteiger partial charge is 0.387 e. The first kappa shape index (κ1) is 22.5. The number of fused-ring (bicyclic) bond motifs is 5. The van der Waals surface area contributed by atoms with Crippen LogP contribution >= 0.6 is 8.24 Å². The van der Waals surface area contributed by atoms with E-state index in [-0.39, 0.29) is 12.7 Å². The highest BCUT2D eigenvalue weighted by atomic mass is 31.1. The van der Waals surface area contributed by atoms with E-state index in [9.17, 15) is 5.11 Å². The summed E-state index contributed by atoms with van der Waals surface area (Å²) >= 11 is 0. The molecule has 174 valence electrons. The molecular formula is C28H33O4P. The number of hydrogen-bond acceptors (Lipinski definition) is 4. The van der Waals surface area contributed by atoms with Gasteiger partial charge < -0.3 is 13.5 Å². The van der Waals surface area contributed by atoms with Crippen LogP contribution in [0.2, 0.25) is 0 Å². The van der Waals surface area contributed by atoms with Crippen molar-refractivity contribution in [1.29, 1.82) is 0 Å². The first-order chi connectivity index (χ1) is 15.9. The zero-order chi connectivity index (χ0) is 23.1. The van der Waals surface area contributed by atoms with Crippen LogP contribution in [0.1, 0.15) is 51.2 Å². The summed E-state index contributed by atoms with van der Waals surface area (Å²) in [4.78, 5) is 0. The molecule has 1 N–H and O–H groups in total. The van der Waals surface area contributed by atoms with Gasteiger partial charge >= 0.3 is 8.24 Å². The van der Waals surface area contributed by atoms with Gasteiger partial charge in [0.15, 0.2) is 0 Å². The van der Waals surface area contributed by atoms with Crippen molar-refractivity contribution in [3.63, 3.8) is 0 Å². The molecule has 4 unspecified atom stereocenters. The third-order valence-electron chi connectivity index (χ3n) is 7.16. The molecule has 1 aliphatic carbocycles. The standard InChI is InChI=1S/C28H33O4P/c1-17(2)22-11-9-18(3)15-26(22)31-33-30-25-12-10-20-7-5-6-8-23(20)27(25)24-14-19(4)13-21(16-29)28(24)32-33/h5-8,10,12-14,17-18,22,26,29H,9,11,15-16H2,1-4H3. The maximum Gasteiger partial charge on any atom is 0.387 e. The maximum atomic E-state index is 10.2. The zero-order valence-electron chi connectivity index (χ0n) is 19.9. The van der Waals surface area contributed by atoms with Gasteiger partial charge in [-0.25, -0.2) is 0 Å². The van der Waals surface area contributed by atoms with Crippen molar-refractivity contribution < 1.29 is 18.0 Å². The van der Waals surface area contributed by atoms with Crippen molar-refractivity contribution in [2.75, 3.05) is 0 Å². The Morgan fingerprint density at radius 2 is 1.88 bits per heavy atom. The van der Waals surface area contributed by atoms with Crippen LogP contribution in [0.4, 0.5) is 0 Å². The summed E-state index contributed by atoms with van der Waals surface area (Å²) < 4.78 is 19.6. The second-order valence-corrected chi connectivity index (χ2v) is 11.0. The Balaban J connectivity index is 1.78. The Hall–Kier alpha value is -2.26. The molecule has 1 aliphatic rings. The molecule has 3 aromatic carbocycles. The number of aliphatic hydroxyl groups is 1. The molecule has 4 atom stereocenters. The van der Waals surface area contributed by atoms with Gasteiger partial charge in [0.25, 0.3) is 0 Å². The van der Waals surface area contributed by atoms with Crippen LogP contribution in [0.25, 0.3) is 32.7 Å². The number of aliphatic hydroxyl groups excluding tert-OH is 1. The third-order valence-corrected chi connectivity index (χ3v) is 8.28. The van der Waals surface area contributed by atoms with Crippen molar-refractivity contribution >= 4 is 41.0 Å². The number of hydrogen-bond donors (Lipinski definition) is 1. The second kappa shape index (κ2) is 9.18. The molecule has 0 saturated heterocycles. The molecule has 0 aliphatic heterocycles. The van der Waals surface area contributed by atoms with E-state index in [4.69, 9.17) is 12.9 Å². The largest absolute Gasteiger partial charge is 0.399 e. The lowest BCUT2D eigenvalue weighted by atomic mass is 9.75. The van der Waals surface area contributed by atoms with E-state index in [1.807, 2.05) is 31.2 Å². The first-order valence-corrected chi connectivity index (χ1v) is 13.1. The second-order valence-electron chi connectivity index (χ2n) is 9.99. The van der Waals surface area contributed by atoms with Crippen LogP contribution in [0, 0.1) is 24.7 Å². The lowest BCUT2D eigenvalue weighted by Crippen LogP contribution is -2.35. The molecule has 0 amide bonds. The Morgan fingerprint density at radius 3 is 2.67 bits per heavy atom. The molecule has 1 heterocycles. The van der Waals surface area contributed by atoms with E-state index in [0.29, 0.717) is 23.3 Å². The molecule has 1 fully saturated rings. The summed E-state index contributed by atoms with van der Waals surface area (Å²) in [5.74, 6) is 1.67. The SMILES string of the molecule is Cc1cc(CO)c2op(OC3CC(C)CCC3C(C)C)oc3ccc4ccccc4c3c2c1. The highest BCUT2D eigenvalue weighted by molar-refractivity contribution is 7.31. The number of aryl methyl sites for hydroxylation is 1. The summed E-state index contributed by atoms with van der Waals surface area (Å²) in [7, 11) is -1.66. The van der Waals surface area contributed by atoms with Crippen LogP contribution in [-0.4, -0.2) is 11.2 Å². The monoisotopic (exact) mass is 464 g/mol. The van der Waals surface area contributed by atoms with Crippen LogP contribution in [-0.2, 0) is 6.61 Å². The minimum absolute atomic E-state index is 0.0949. The first-order valence-electron chi connectivity index (χ1n) is 12.0. The molecule has 0 spiro atoms. The number of rotatable bonds is 4. The predicted molar refractivity (Wildman–Crippen MR) is 136 cm³/mol. The summed E-state index contributed by atoms with van der Waals surface area (Å²) in [6.07, 6.45) is 3.54. The van der Waals surface area contributed by atoms with Gasteiger partial charge in [-0.2, -0.15) is 0 Å². The minimum atomic E-state index is -1.66. The quantitative estimate of drug-likeness (QED) is 0.331. The molecular weight excluding hydrogens is 431 g/mol. The minimum Gasteiger partial charge on any atom is -0.399 e. The summed E-state index contributed by atoms with van der Waals surface area (Å²) in [5, 5.41) is 14.4. The number of benzene rings is 3. The third kappa shape index (κ3) is 4.33. The van der Waals surface area contributed by atoms with E-state index < -0.39 is 8.24 Å². The van der Waals surface area contributed by atoms with Crippen LogP contribution in [0.3, 0.4) is 0 Å². The molecule has 4 nitrogen and oxygen atoms in total. The zero-order valence-corrected chi connectivity index (χ0v) is 20.8. The average Bonchev–Trinajstić information content (AvgIpc) is 2.95. The van der Waals surface area contributed by atoms with E-state index in [1.165, 1.54) is 12.8 Å². The summed E-state index contributed by atoms with van der Waals surface area (Å²) in [6.45, 7) is 8.82. The van der Waals surface area contributed by atoms with E-state index in [2.05, 4.69) is 45.0 Å². The molecule has 5 heteroatoms. The fourth-order valence-corrected chi connectivity index (χ4v) is 6.69. The van der Waals surface area contributed by atoms with Crippen molar-refractivity contribution in [2.24, 2.45) is 17.8 Å². The molecule has 5 rings (SSSR count). The van der Waals surface area contributed by atoms with Crippen molar-refractivity contribution in [1.82, 2.24) is 0 Å². The maximum absolute atomic E-state index is 10.2. The topological polar surface area (TPSA) is 55.7 Å². The summed E-state index contributed by atoms with van der Waals surface area (Å²) in [6, 6.07) is 16.6. The average molecular weight is 465 g/mol. The van der Waals surface area contributed by atoms with Gasteiger partial charge in [0, 0.05) is 16.3 Å². The molecule has 1 saturated carbocycles. The van der Waals surface area contributed by atoms with Crippen LogP contribution in [0.5, 0.6) is 0 Å². The molecule has 1 aromatic heterocycles. The molecule has 33 heavy (non-hydrogen) atoms. The van der Waals surface area contributed by atoms with Gasteiger partial charge in [-0.3, -0.25) is 4.52 Å². The van der Waals surface area contributed by atoms with E-state index in [0.717, 1.165) is 44.7 Å². The van der Waals surface area contributed by atoms with Crippen molar-refractivity contribution in [3.05, 3.63) is 59.7 Å². The summed E-state index contributed by atoms with van der Waals surface area (Å²) in [5.41, 5.74) is 3.29. The van der Waals surface area contributed by atoms with Crippen molar-refractivity contribution in [2.45, 2.75) is 59.7 Å². The fourth-order valence-electron chi connectivity index (χ4n) is 5.43. The Labute approximate surface area is 196 Å². The van der Waals surface area contributed by atoms with Crippen LogP contribution in [0.15, 0.2) is 56.9 Å². The van der Waals surface area contributed by atoms with Gasteiger partial charge in [-0.05, 0) is 72.1 Å². The van der Waals surface area contributed by atoms with Crippen LogP contribution < -0.4 is 4.52 Å². The van der Waals surface area contributed by atoms with E-state index in [1.54, 1.807) is 0 Å². The Morgan fingerprint density at radius 1 is 1.06 bits per heavy atom. The van der Waals surface area contributed by atoms with Gasteiger partial charge in [-0.15, -0.1) is 0 Å². The normalized spacial score (nSPS) is 21.9. The Kier molecular flexibility index (Phi) is 6.26. The Bertz CT molecular complexity index is 1340. The highest BCUT2D eigenvalue weighted by Gasteiger charge is 2.33. The van der Waals surface area contributed by atoms with Crippen molar-refractivity contribution in [3.8, 4) is 0 Å². The molecule has 4 aromatic rings. The predicted octanol–water partition coefficient (Wildman–Crippen LogP) is 8.13. The van der Waals surface area contributed by atoms with Gasteiger partial charge in [0.2, 0.25) is 0 Å². The lowest BCUT2D eigenvalue weighted by molar-refractivity contribution is 0.0746. The van der Waals surface area contributed by atoms with E-state index >= 15 is 0 Å². The van der Waals surface area contributed by atoms with Gasteiger partial charge in [0.1, 0.15) is 11.2 Å². The molecule has 0 radical (unpaired) electrons. The highest BCUT2D eigenvalue weighted by Crippen LogP contribution is 2.42. The van der Waals surface area contributed by atoms with Gasteiger partial charge in [0.05, 0.1) is 12.7 Å². The molecule has 0 bridgehead atoms. The fraction of sp³-hybridized carbons (Fsp3) is 0.429.